The van der Waals surface area contributed by atoms with Crippen molar-refractivity contribution in [3.63, 3.8) is 0 Å². The highest BCUT2D eigenvalue weighted by molar-refractivity contribution is 9.10. The van der Waals surface area contributed by atoms with Crippen molar-refractivity contribution in [2.24, 2.45) is 5.92 Å². The lowest BCUT2D eigenvalue weighted by Gasteiger charge is -2.11. The van der Waals surface area contributed by atoms with Gasteiger partial charge in [-0.05, 0) is 30.5 Å². The molecule has 0 saturated carbocycles. The number of amides is 1. The van der Waals surface area contributed by atoms with Gasteiger partial charge in [0, 0.05) is 21.9 Å². The molecule has 4 heteroatoms. The van der Waals surface area contributed by atoms with Gasteiger partial charge in [-0.15, -0.1) is 0 Å². The number of carbonyl (C=O) groups is 1. The van der Waals surface area contributed by atoms with E-state index in [0.29, 0.717) is 12.5 Å². The first kappa shape index (κ1) is 13.7. The van der Waals surface area contributed by atoms with E-state index >= 15 is 0 Å². The Kier molecular flexibility index (Phi) is 5.49. The van der Waals surface area contributed by atoms with Crippen LogP contribution in [0.15, 0.2) is 22.7 Å². The molecule has 0 bridgehead atoms. The maximum Gasteiger partial charge on any atom is 0.251 e. The average molecular weight is 349 g/mol. The number of nitrogens with one attached hydrogen (secondary N) is 1. The molecule has 0 aliphatic rings. The minimum Gasteiger partial charge on any atom is -0.352 e. The largest absolute Gasteiger partial charge is 0.352 e. The van der Waals surface area contributed by atoms with E-state index < -0.39 is 0 Å². The first-order valence-corrected chi connectivity index (χ1v) is 7.07. The number of alkyl halides is 1. The van der Waals surface area contributed by atoms with Crippen LogP contribution in [0.5, 0.6) is 0 Å². The van der Waals surface area contributed by atoms with Gasteiger partial charge in [0.2, 0.25) is 0 Å². The minimum atomic E-state index is -0.00778. The van der Waals surface area contributed by atoms with E-state index in [4.69, 9.17) is 0 Å². The highest BCUT2D eigenvalue weighted by atomic mass is 79.9. The van der Waals surface area contributed by atoms with Crippen LogP contribution < -0.4 is 5.32 Å². The molecule has 1 N–H and O–H groups in total. The SMILES string of the molecule is Cc1c(Br)cccc1C(=O)NCC(C)CBr. The topological polar surface area (TPSA) is 29.1 Å². The van der Waals surface area contributed by atoms with Crippen molar-refractivity contribution in [3.05, 3.63) is 33.8 Å². The third-order valence-electron chi connectivity index (χ3n) is 2.39. The maximum absolute atomic E-state index is 11.9. The van der Waals surface area contributed by atoms with Crippen molar-refractivity contribution in [1.29, 1.82) is 0 Å². The lowest BCUT2D eigenvalue weighted by atomic mass is 10.1. The zero-order valence-electron chi connectivity index (χ0n) is 9.39. The normalized spacial score (nSPS) is 12.2. The summed E-state index contributed by atoms with van der Waals surface area (Å²) in [5.41, 5.74) is 1.71. The maximum atomic E-state index is 11.9. The van der Waals surface area contributed by atoms with Crippen LogP contribution in [0.3, 0.4) is 0 Å². The molecule has 0 aliphatic carbocycles. The molecule has 1 atom stereocenters. The van der Waals surface area contributed by atoms with Gasteiger partial charge in [0.15, 0.2) is 0 Å². The summed E-state index contributed by atoms with van der Waals surface area (Å²) in [5.74, 6) is 0.433. The fraction of sp³-hybridized carbons (Fsp3) is 0.417. The molecule has 1 rings (SSSR count). The van der Waals surface area contributed by atoms with E-state index in [0.717, 1.165) is 20.9 Å². The van der Waals surface area contributed by atoms with Gasteiger partial charge in [-0.25, -0.2) is 0 Å². The second kappa shape index (κ2) is 6.40. The van der Waals surface area contributed by atoms with Crippen LogP contribution in [0.2, 0.25) is 0 Å². The van der Waals surface area contributed by atoms with E-state index in [1.807, 2.05) is 25.1 Å². The number of halogens is 2. The predicted octanol–water partition coefficient (Wildman–Crippen LogP) is 3.52. The van der Waals surface area contributed by atoms with Gasteiger partial charge >= 0.3 is 0 Å². The Bertz CT molecular complexity index is 379. The molecule has 1 unspecified atom stereocenters. The second-order valence-corrected chi connectivity index (χ2v) is 5.38. The molecule has 0 saturated heterocycles. The Morgan fingerprint density at radius 2 is 2.19 bits per heavy atom. The van der Waals surface area contributed by atoms with Gasteiger partial charge in [-0.1, -0.05) is 44.8 Å². The van der Waals surface area contributed by atoms with Gasteiger partial charge in [0.05, 0.1) is 0 Å². The van der Waals surface area contributed by atoms with Gasteiger partial charge < -0.3 is 5.32 Å². The van der Waals surface area contributed by atoms with Crippen LogP contribution in [-0.2, 0) is 0 Å². The summed E-state index contributed by atoms with van der Waals surface area (Å²) < 4.78 is 0.966. The van der Waals surface area contributed by atoms with E-state index in [1.54, 1.807) is 0 Å². The summed E-state index contributed by atoms with van der Waals surface area (Å²) in [6.07, 6.45) is 0. The molecule has 0 heterocycles. The van der Waals surface area contributed by atoms with E-state index in [1.165, 1.54) is 0 Å². The molecule has 0 fully saturated rings. The standard InChI is InChI=1S/C12H15Br2NO/c1-8(6-13)7-15-12(16)10-4-3-5-11(14)9(10)2/h3-5,8H,6-7H2,1-2H3,(H,15,16). The van der Waals surface area contributed by atoms with E-state index in [2.05, 4.69) is 44.1 Å². The van der Waals surface area contributed by atoms with Crippen LogP contribution in [-0.4, -0.2) is 17.8 Å². The molecule has 2 nitrogen and oxygen atoms in total. The molecule has 1 aromatic rings. The molecule has 0 radical (unpaired) electrons. The molecule has 16 heavy (non-hydrogen) atoms. The highest BCUT2D eigenvalue weighted by Gasteiger charge is 2.11. The second-order valence-electron chi connectivity index (χ2n) is 3.88. The van der Waals surface area contributed by atoms with E-state index in [-0.39, 0.29) is 5.91 Å². The van der Waals surface area contributed by atoms with E-state index in [9.17, 15) is 4.79 Å². The summed E-state index contributed by atoms with van der Waals surface area (Å²) in [4.78, 5) is 11.9. The number of hydrogen-bond acceptors (Lipinski definition) is 1. The van der Waals surface area contributed by atoms with Gasteiger partial charge in [0.25, 0.3) is 5.91 Å². The number of rotatable bonds is 4. The Labute approximate surface area is 113 Å². The smallest absolute Gasteiger partial charge is 0.251 e. The number of benzene rings is 1. The van der Waals surface area contributed by atoms with Crippen molar-refractivity contribution in [3.8, 4) is 0 Å². The molecule has 88 valence electrons. The lowest BCUT2D eigenvalue weighted by molar-refractivity contribution is 0.0948. The van der Waals surface area contributed by atoms with Crippen molar-refractivity contribution in [2.45, 2.75) is 13.8 Å². The first-order chi connectivity index (χ1) is 7.56. The van der Waals surface area contributed by atoms with Gasteiger partial charge in [0.1, 0.15) is 0 Å². The third kappa shape index (κ3) is 3.59. The molecule has 0 aromatic heterocycles. The Balaban J connectivity index is 2.70. The highest BCUT2D eigenvalue weighted by Crippen LogP contribution is 2.19. The van der Waals surface area contributed by atoms with Crippen molar-refractivity contribution >= 4 is 37.8 Å². The molecular weight excluding hydrogens is 334 g/mol. The van der Waals surface area contributed by atoms with Gasteiger partial charge in [-0.3, -0.25) is 4.79 Å². The summed E-state index contributed by atoms with van der Waals surface area (Å²) in [7, 11) is 0. The van der Waals surface area contributed by atoms with Crippen LogP contribution in [0, 0.1) is 12.8 Å². The fourth-order valence-corrected chi connectivity index (χ4v) is 1.87. The first-order valence-electron chi connectivity index (χ1n) is 5.15. The molecule has 1 amide bonds. The van der Waals surface area contributed by atoms with Crippen LogP contribution in [0.4, 0.5) is 0 Å². The zero-order valence-corrected chi connectivity index (χ0v) is 12.6. The predicted molar refractivity (Wildman–Crippen MR) is 74.2 cm³/mol. The number of carbonyl (C=O) groups excluding carboxylic acids is 1. The summed E-state index contributed by atoms with van der Waals surface area (Å²) in [5, 5.41) is 3.82. The Morgan fingerprint density at radius 1 is 1.50 bits per heavy atom. The van der Waals surface area contributed by atoms with Crippen molar-refractivity contribution in [1.82, 2.24) is 5.32 Å². The summed E-state index contributed by atoms with van der Waals surface area (Å²) in [6, 6.07) is 5.65. The van der Waals surface area contributed by atoms with Crippen LogP contribution >= 0.6 is 31.9 Å². The monoisotopic (exact) mass is 347 g/mol. The van der Waals surface area contributed by atoms with Crippen LogP contribution in [0.25, 0.3) is 0 Å². The molecular formula is C12H15Br2NO. The Hall–Kier alpha value is -0.350. The molecule has 0 spiro atoms. The lowest BCUT2D eigenvalue weighted by Crippen LogP contribution is -2.29. The van der Waals surface area contributed by atoms with Gasteiger partial charge in [-0.2, -0.15) is 0 Å². The zero-order chi connectivity index (χ0) is 12.1. The van der Waals surface area contributed by atoms with Crippen molar-refractivity contribution in [2.75, 3.05) is 11.9 Å². The van der Waals surface area contributed by atoms with Crippen molar-refractivity contribution < 1.29 is 4.79 Å². The third-order valence-corrected chi connectivity index (χ3v) is 4.35. The molecule has 0 aliphatic heterocycles. The fourth-order valence-electron chi connectivity index (χ4n) is 1.27. The summed E-state index contributed by atoms with van der Waals surface area (Å²) in [6.45, 7) is 4.71. The number of hydrogen-bond donors (Lipinski definition) is 1. The quantitative estimate of drug-likeness (QED) is 0.829. The minimum absolute atomic E-state index is 0.00778. The Morgan fingerprint density at radius 3 is 2.81 bits per heavy atom. The average Bonchev–Trinajstić information content (AvgIpc) is 2.29. The van der Waals surface area contributed by atoms with Crippen LogP contribution in [0.1, 0.15) is 22.8 Å². The summed E-state index contributed by atoms with van der Waals surface area (Å²) >= 11 is 6.81. The molecule has 1 aromatic carbocycles.